The Balaban J connectivity index is 2.79. The lowest BCUT2D eigenvalue weighted by atomic mass is 10.1. The summed E-state index contributed by atoms with van der Waals surface area (Å²) in [6.45, 7) is 0. The third-order valence-corrected chi connectivity index (χ3v) is 1.69. The number of benzene rings is 1. The molecule has 0 saturated carbocycles. The van der Waals surface area contributed by atoms with Crippen molar-refractivity contribution in [1.29, 1.82) is 0 Å². The molecule has 4 heteroatoms. The molecule has 0 fully saturated rings. The van der Waals surface area contributed by atoms with Crippen molar-refractivity contribution in [2.75, 3.05) is 0 Å². The first-order valence-corrected chi connectivity index (χ1v) is 3.77. The highest BCUT2D eigenvalue weighted by molar-refractivity contribution is 5.73. The van der Waals surface area contributed by atoms with Crippen LogP contribution in [0.25, 0.3) is 0 Å². The maximum atomic E-state index is 10.3. The van der Waals surface area contributed by atoms with Crippen molar-refractivity contribution in [1.82, 2.24) is 0 Å². The summed E-state index contributed by atoms with van der Waals surface area (Å²) >= 11 is 0. The van der Waals surface area contributed by atoms with Gasteiger partial charge in [0.05, 0.1) is 0 Å². The van der Waals surface area contributed by atoms with Crippen LogP contribution in [-0.2, 0) is 4.79 Å². The van der Waals surface area contributed by atoms with Crippen molar-refractivity contribution in [3.05, 3.63) is 35.9 Å². The van der Waals surface area contributed by atoms with E-state index in [9.17, 15) is 9.90 Å². The van der Waals surface area contributed by atoms with Gasteiger partial charge in [-0.05, 0) is 5.56 Å². The molecule has 0 aliphatic heterocycles. The largest absolute Gasteiger partial charge is 0.479 e. The number of aliphatic hydroxyl groups is 2. The number of aliphatic carboxylic acids is 1. The van der Waals surface area contributed by atoms with E-state index in [-0.39, 0.29) is 0 Å². The monoisotopic (exact) mass is 182 g/mol. The summed E-state index contributed by atoms with van der Waals surface area (Å²) in [4.78, 5) is 10.3. The zero-order valence-corrected chi connectivity index (χ0v) is 6.79. The second-order valence-electron chi connectivity index (χ2n) is 2.64. The number of hydrogen-bond acceptors (Lipinski definition) is 3. The third-order valence-electron chi connectivity index (χ3n) is 1.69. The molecule has 0 saturated heterocycles. The zero-order chi connectivity index (χ0) is 9.84. The summed E-state index contributed by atoms with van der Waals surface area (Å²) in [6.07, 6.45) is -3.15. The van der Waals surface area contributed by atoms with Crippen LogP contribution in [0.2, 0.25) is 0 Å². The van der Waals surface area contributed by atoms with Crippen LogP contribution in [0.15, 0.2) is 30.3 Å². The molecule has 13 heavy (non-hydrogen) atoms. The summed E-state index contributed by atoms with van der Waals surface area (Å²) in [7, 11) is 0. The van der Waals surface area contributed by atoms with E-state index < -0.39 is 18.2 Å². The second kappa shape index (κ2) is 4.02. The molecule has 0 aromatic heterocycles. The Hall–Kier alpha value is -1.39. The SMILES string of the molecule is O=C(O)[C@H](O)[C@@H](O)c1ccccc1. The molecule has 70 valence electrons. The van der Waals surface area contributed by atoms with Crippen LogP contribution in [0.4, 0.5) is 0 Å². The molecule has 0 spiro atoms. The van der Waals surface area contributed by atoms with E-state index in [1.54, 1.807) is 30.3 Å². The van der Waals surface area contributed by atoms with E-state index in [0.717, 1.165) is 0 Å². The summed E-state index contributed by atoms with van der Waals surface area (Å²) in [5.41, 5.74) is 0.386. The van der Waals surface area contributed by atoms with Gasteiger partial charge in [-0.15, -0.1) is 0 Å². The van der Waals surface area contributed by atoms with Crippen molar-refractivity contribution in [3.8, 4) is 0 Å². The fourth-order valence-corrected chi connectivity index (χ4v) is 0.968. The lowest BCUT2D eigenvalue weighted by Crippen LogP contribution is -2.27. The van der Waals surface area contributed by atoms with Crippen LogP contribution in [-0.4, -0.2) is 27.4 Å². The lowest BCUT2D eigenvalue weighted by Gasteiger charge is -2.13. The van der Waals surface area contributed by atoms with Crippen LogP contribution >= 0.6 is 0 Å². The van der Waals surface area contributed by atoms with Crippen molar-refractivity contribution < 1.29 is 20.1 Å². The van der Waals surface area contributed by atoms with Gasteiger partial charge >= 0.3 is 5.97 Å². The summed E-state index contributed by atoms with van der Waals surface area (Å²) in [6, 6.07) is 8.16. The van der Waals surface area contributed by atoms with Gasteiger partial charge < -0.3 is 15.3 Å². The molecule has 1 rings (SSSR count). The maximum Gasteiger partial charge on any atom is 0.335 e. The Kier molecular flexibility index (Phi) is 3.00. The minimum atomic E-state index is -1.78. The van der Waals surface area contributed by atoms with Crippen molar-refractivity contribution in [3.63, 3.8) is 0 Å². The van der Waals surface area contributed by atoms with Gasteiger partial charge in [-0.3, -0.25) is 0 Å². The predicted octanol–water partition coefficient (Wildman–Crippen LogP) is 0.166. The van der Waals surface area contributed by atoms with Gasteiger partial charge in [-0.1, -0.05) is 30.3 Å². The van der Waals surface area contributed by atoms with E-state index >= 15 is 0 Å². The summed E-state index contributed by atoms with van der Waals surface area (Å²) in [5, 5.41) is 26.7. The van der Waals surface area contributed by atoms with Gasteiger partial charge in [-0.2, -0.15) is 0 Å². The van der Waals surface area contributed by atoms with Crippen LogP contribution in [0, 0.1) is 0 Å². The van der Waals surface area contributed by atoms with Crippen molar-refractivity contribution >= 4 is 5.97 Å². The molecule has 0 aliphatic carbocycles. The molecule has 0 bridgehead atoms. The molecular weight excluding hydrogens is 172 g/mol. The molecule has 0 heterocycles. The average Bonchev–Trinajstić information content (AvgIpc) is 2.17. The quantitative estimate of drug-likeness (QED) is 0.622. The molecule has 0 amide bonds. The highest BCUT2D eigenvalue weighted by atomic mass is 16.4. The summed E-state index contributed by atoms with van der Waals surface area (Å²) < 4.78 is 0. The lowest BCUT2D eigenvalue weighted by molar-refractivity contribution is -0.153. The van der Waals surface area contributed by atoms with Gasteiger partial charge in [0, 0.05) is 0 Å². The van der Waals surface area contributed by atoms with Gasteiger partial charge in [0.1, 0.15) is 6.10 Å². The van der Waals surface area contributed by atoms with Gasteiger partial charge in [0.25, 0.3) is 0 Å². The number of hydrogen-bond donors (Lipinski definition) is 3. The Morgan fingerprint density at radius 2 is 1.69 bits per heavy atom. The van der Waals surface area contributed by atoms with Gasteiger partial charge in [0.15, 0.2) is 6.10 Å². The Labute approximate surface area is 75.1 Å². The molecule has 0 radical (unpaired) electrons. The van der Waals surface area contributed by atoms with Crippen LogP contribution < -0.4 is 0 Å². The van der Waals surface area contributed by atoms with E-state index in [1.165, 1.54) is 0 Å². The minimum absolute atomic E-state index is 0.386. The Morgan fingerprint density at radius 3 is 2.15 bits per heavy atom. The fourth-order valence-electron chi connectivity index (χ4n) is 0.968. The normalized spacial score (nSPS) is 14.9. The van der Waals surface area contributed by atoms with Crippen LogP contribution in [0.3, 0.4) is 0 Å². The van der Waals surface area contributed by atoms with E-state index in [4.69, 9.17) is 10.2 Å². The van der Waals surface area contributed by atoms with Crippen molar-refractivity contribution in [2.24, 2.45) is 0 Å². The number of carboxylic acids is 1. The van der Waals surface area contributed by atoms with Crippen LogP contribution in [0.5, 0.6) is 0 Å². The smallest absolute Gasteiger partial charge is 0.335 e. The first-order valence-electron chi connectivity index (χ1n) is 3.77. The Bertz CT molecular complexity index is 283. The molecule has 3 N–H and O–H groups in total. The maximum absolute atomic E-state index is 10.3. The minimum Gasteiger partial charge on any atom is -0.479 e. The standard InChI is InChI=1S/C9H10O4/c10-7(8(11)9(12)13)6-4-2-1-3-5-6/h1-5,7-8,10-11H,(H,12,13)/t7-,8+/m0/s1. The molecule has 0 unspecified atom stereocenters. The van der Waals surface area contributed by atoms with Gasteiger partial charge in [0.2, 0.25) is 0 Å². The second-order valence-corrected chi connectivity index (χ2v) is 2.64. The van der Waals surface area contributed by atoms with Gasteiger partial charge in [-0.25, -0.2) is 4.79 Å². The molecular formula is C9H10O4. The Morgan fingerprint density at radius 1 is 1.15 bits per heavy atom. The fraction of sp³-hybridized carbons (Fsp3) is 0.222. The van der Waals surface area contributed by atoms with E-state index in [2.05, 4.69) is 0 Å². The average molecular weight is 182 g/mol. The van der Waals surface area contributed by atoms with Crippen molar-refractivity contribution in [2.45, 2.75) is 12.2 Å². The highest BCUT2D eigenvalue weighted by Gasteiger charge is 2.24. The molecule has 0 aliphatic rings. The number of rotatable bonds is 3. The highest BCUT2D eigenvalue weighted by Crippen LogP contribution is 2.15. The van der Waals surface area contributed by atoms with Crippen LogP contribution in [0.1, 0.15) is 11.7 Å². The number of carboxylic acid groups (broad SMARTS) is 1. The predicted molar refractivity (Wildman–Crippen MR) is 45.0 cm³/mol. The first-order chi connectivity index (χ1) is 6.13. The number of carbonyl (C=O) groups is 1. The molecule has 2 atom stereocenters. The first kappa shape index (κ1) is 9.70. The zero-order valence-electron chi connectivity index (χ0n) is 6.79. The third kappa shape index (κ3) is 2.27. The molecule has 1 aromatic rings. The summed E-state index contributed by atoms with van der Waals surface area (Å²) in [5.74, 6) is -1.43. The molecule has 1 aromatic carbocycles. The number of aliphatic hydroxyl groups excluding tert-OH is 2. The van der Waals surface area contributed by atoms with E-state index in [1.807, 2.05) is 0 Å². The molecule has 4 nitrogen and oxygen atoms in total. The van der Waals surface area contributed by atoms with E-state index in [0.29, 0.717) is 5.56 Å². The topological polar surface area (TPSA) is 77.8 Å².